The molecule has 2 aromatic heterocycles. The van der Waals surface area contributed by atoms with Crippen LogP contribution in [-0.2, 0) is 4.74 Å². The van der Waals surface area contributed by atoms with Gasteiger partial charge in [-0.1, -0.05) is 0 Å². The Labute approximate surface area is 86.8 Å². The lowest BCUT2D eigenvalue weighted by Gasteiger charge is -1.92. The van der Waals surface area contributed by atoms with Crippen LogP contribution in [0.4, 0.5) is 0 Å². The molecule has 0 bridgehead atoms. The van der Waals surface area contributed by atoms with Crippen LogP contribution in [0.2, 0.25) is 0 Å². The molecule has 5 heteroatoms. The molecule has 13 heavy (non-hydrogen) atoms. The maximum atomic E-state index is 11.1. The van der Waals surface area contributed by atoms with E-state index in [0.717, 1.165) is 14.7 Å². The van der Waals surface area contributed by atoms with Crippen LogP contribution in [0, 0.1) is 0 Å². The SMILES string of the molecule is COC(=O)c1cc2c(Br)csc2[nH]1. The third-order valence-corrected chi connectivity index (χ3v) is 3.59. The van der Waals surface area contributed by atoms with Crippen LogP contribution in [0.15, 0.2) is 15.9 Å². The fraction of sp³-hybridized carbons (Fsp3) is 0.125. The highest BCUT2D eigenvalue weighted by molar-refractivity contribution is 9.10. The standard InChI is InChI=1S/C8H6BrNO2S/c1-12-8(11)6-2-4-5(9)3-13-7(4)10-6/h2-3,10H,1H3. The van der Waals surface area contributed by atoms with Crippen molar-refractivity contribution in [2.45, 2.75) is 0 Å². The molecule has 0 atom stereocenters. The number of carbonyl (C=O) groups is 1. The van der Waals surface area contributed by atoms with Crippen LogP contribution in [0.3, 0.4) is 0 Å². The Balaban J connectivity index is 2.56. The van der Waals surface area contributed by atoms with E-state index in [0.29, 0.717) is 5.69 Å². The number of fused-ring (bicyclic) bond motifs is 1. The van der Waals surface area contributed by atoms with Gasteiger partial charge >= 0.3 is 5.97 Å². The highest BCUT2D eigenvalue weighted by atomic mass is 79.9. The van der Waals surface area contributed by atoms with Crippen LogP contribution < -0.4 is 0 Å². The highest BCUT2D eigenvalue weighted by Crippen LogP contribution is 2.30. The molecule has 0 unspecified atom stereocenters. The smallest absolute Gasteiger partial charge is 0.354 e. The number of carbonyl (C=O) groups excluding carboxylic acids is 1. The summed E-state index contributed by atoms with van der Waals surface area (Å²) in [6, 6.07) is 1.78. The molecule has 0 saturated heterocycles. The number of nitrogens with one attached hydrogen (secondary N) is 1. The Morgan fingerprint density at radius 1 is 1.69 bits per heavy atom. The molecule has 0 aliphatic carbocycles. The van der Waals surface area contributed by atoms with E-state index in [1.165, 1.54) is 7.11 Å². The van der Waals surface area contributed by atoms with Crippen molar-refractivity contribution in [2.24, 2.45) is 0 Å². The second-order valence-corrected chi connectivity index (χ2v) is 4.24. The second kappa shape index (κ2) is 3.16. The molecule has 2 aromatic rings. The Morgan fingerprint density at radius 3 is 3.08 bits per heavy atom. The summed E-state index contributed by atoms with van der Waals surface area (Å²) in [6.07, 6.45) is 0. The minimum Gasteiger partial charge on any atom is -0.464 e. The van der Waals surface area contributed by atoms with Gasteiger partial charge in [0.2, 0.25) is 0 Å². The third-order valence-electron chi connectivity index (χ3n) is 1.72. The van der Waals surface area contributed by atoms with Crippen molar-refractivity contribution in [3.8, 4) is 0 Å². The largest absolute Gasteiger partial charge is 0.464 e. The zero-order valence-corrected chi connectivity index (χ0v) is 9.16. The van der Waals surface area contributed by atoms with Crippen LogP contribution >= 0.6 is 27.3 Å². The number of methoxy groups -OCH3 is 1. The van der Waals surface area contributed by atoms with Crippen molar-refractivity contribution < 1.29 is 9.53 Å². The summed E-state index contributed by atoms with van der Waals surface area (Å²) in [7, 11) is 1.37. The lowest BCUT2D eigenvalue weighted by molar-refractivity contribution is 0.0595. The topological polar surface area (TPSA) is 42.1 Å². The first-order valence-electron chi connectivity index (χ1n) is 3.56. The van der Waals surface area contributed by atoms with Crippen molar-refractivity contribution in [1.29, 1.82) is 0 Å². The maximum absolute atomic E-state index is 11.1. The summed E-state index contributed by atoms with van der Waals surface area (Å²) in [4.78, 5) is 15.1. The van der Waals surface area contributed by atoms with Crippen molar-refractivity contribution in [1.82, 2.24) is 4.98 Å². The number of hydrogen-bond donors (Lipinski definition) is 1. The average molecular weight is 260 g/mol. The molecular formula is C8H6BrNO2S. The van der Waals surface area contributed by atoms with Crippen molar-refractivity contribution >= 4 is 43.5 Å². The number of halogens is 1. The van der Waals surface area contributed by atoms with Crippen LogP contribution in [0.1, 0.15) is 10.5 Å². The van der Waals surface area contributed by atoms with Crippen LogP contribution in [0.5, 0.6) is 0 Å². The van der Waals surface area contributed by atoms with Crippen molar-refractivity contribution in [2.75, 3.05) is 7.11 Å². The molecule has 2 rings (SSSR count). The second-order valence-electron chi connectivity index (χ2n) is 2.50. The fourth-order valence-electron chi connectivity index (χ4n) is 1.10. The van der Waals surface area contributed by atoms with Gasteiger partial charge in [-0.2, -0.15) is 0 Å². The Hall–Kier alpha value is -0.810. The number of esters is 1. The van der Waals surface area contributed by atoms with Gasteiger partial charge in [-0.15, -0.1) is 11.3 Å². The highest BCUT2D eigenvalue weighted by Gasteiger charge is 2.11. The molecule has 0 fully saturated rings. The molecule has 0 radical (unpaired) electrons. The summed E-state index contributed by atoms with van der Waals surface area (Å²) in [5.41, 5.74) is 0.491. The van der Waals surface area contributed by atoms with Gasteiger partial charge in [-0.3, -0.25) is 0 Å². The number of hydrogen-bond acceptors (Lipinski definition) is 3. The number of thiophene rings is 1. The van der Waals surface area contributed by atoms with E-state index >= 15 is 0 Å². The molecule has 68 valence electrons. The van der Waals surface area contributed by atoms with Gasteiger partial charge in [0.25, 0.3) is 0 Å². The third kappa shape index (κ3) is 1.38. The van der Waals surface area contributed by atoms with Gasteiger partial charge in [0.1, 0.15) is 10.5 Å². The molecule has 0 aromatic carbocycles. The van der Waals surface area contributed by atoms with Gasteiger partial charge in [0, 0.05) is 15.2 Å². The molecule has 1 N–H and O–H groups in total. The molecule has 3 nitrogen and oxygen atoms in total. The average Bonchev–Trinajstić information content (AvgIpc) is 2.67. The van der Waals surface area contributed by atoms with E-state index in [1.54, 1.807) is 17.4 Å². The van der Waals surface area contributed by atoms with E-state index in [9.17, 15) is 4.79 Å². The minimum atomic E-state index is -0.338. The van der Waals surface area contributed by atoms with E-state index in [-0.39, 0.29) is 5.97 Å². The number of aromatic amines is 1. The number of ether oxygens (including phenoxy) is 1. The summed E-state index contributed by atoms with van der Waals surface area (Å²) in [5.74, 6) is -0.338. The molecule has 0 aliphatic heterocycles. The van der Waals surface area contributed by atoms with Gasteiger partial charge in [0.15, 0.2) is 0 Å². The summed E-state index contributed by atoms with van der Waals surface area (Å²) >= 11 is 4.94. The molecule has 0 amide bonds. The monoisotopic (exact) mass is 259 g/mol. The summed E-state index contributed by atoms with van der Waals surface area (Å²) < 4.78 is 5.59. The fourth-order valence-corrected chi connectivity index (χ4v) is 2.64. The minimum absolute atomic E-state index is 0.338. The predicted octanol–water partition coefficient (Wildman–Crippen LogP) is 2.78. The zero-order chi connectivity index (χ0) is 9.42. The molecule has 2 heterocycles. The summed E-state index contributed by atoms with van der Waals surface area (Å²) in [6.45, 7) is 0. The number of H-pyrrole nitrogens is 1. The Kier molecular flexibility index (Phi) is 2.13. The van der Waals surface area contributed by atoms with Crippen molar-refractivity contribution in [3.63, 3.8) is 0 Å². The Bertz CT molecular complexity index is 460. The molecule has 0 aliphatic rings. The van der Waals surface area contributed by atoms with Gasteiger partial charge in [-0.05, 0) is 22.0 Å². The lowest BCUT2D eigenvalue weighted by Crippen LogP contribution is -2.00. The normalized spacial score (nSPS) is 10.6. The zero-order valence-electron chi connectivity index (χ0n) is 6.76. The first-order chi connectivity index (χ1) is 6.22. The van der Waals surface area contributed by atoms with Crippen LogP contribution in [-0.4, -0.2) is 18.1 Å². The summed E-state index contributed by atoms with van der Waals surface area (Å²) in [5, 5.41) is 2.99. The first-order valence-corrected chi connectivity index (χ1v) is 5.23. The first kappa shape index (κ1) is 8.77. The van der Waals surface area contributed by atoms with Gasteiger partial charge < -0.3 is 9.72 Å². The Morgan fingerprint density at radius 2 is 2.46 bits per heavy atom. The maximum Gasteiger partial charge on any atom is 0.354 e. The number of rotatable bonds is 1. The quantitative estimate of drug-likeness (QED) is 0.801. The van der Waals surface area contributed by atoms with E-state index in [1.807, 2.05) is 5.38 Å². The van der Waals surface area contributed by atoms with Gasteiger partial charge in [0.05, 0.1) is 7.11 Å². The molecule has 0 saturated carbocycles. The van der Waals surface area contributed by atoms with E-state index in [2.05, 4.69) is 25.7 Å². The van der Waals surface area contributed by atoms with Crippen LogP contribution in [0.25, 0.3) is 10.2 Å². The number of aromatic nitrogens is 1. The molecule has 0 spiro atoms. The lowest BCUT2D eigenvalue weighted by atomic mass is 10.4. The predicted molar refractivity (Wildman–Crippen MR) is 55.2 cm³/mol. The van der Waals surface area contributed by atoms with E-state index < -0.39 is 0 Å². The molecular weight excluding hydrogens is 254 g/mol. The van der Waals surface area contributed by atoms with Crippen molar-refractivity contribution in [3.05, 3.63) is 21.6 Å². The van der Waals surface area contributed by atoms with Gasteiger partial charge in [-0.25, -0.2) is 4.79 Å². The van der Waals surface area contributed by atoms with E-state index in [4.69, 9.17) is 0 Å².